The van der Waals surface area contributed by atoms with Crippen molar-refractivity contribution in [1.29, 1.82) is 0 Å². The number of nitrogen functional groups attached to an aromatic ring is 1. The van der Waals surface area contributed by atoms with Crippen LogP contribution in [0.3, 0.4) is 0 Å². The molecule has 1 aromatic rings. The molecular formula is C12H19N3O2. The number of benzene rings is 1. The Morgan fingerprint density at radius 1 is 1.47 bits per heavy atom. The Morgan fingerprint density at radius 3 is 2.76 bits per heavy atom. The summed E-state index contributed by atoms with van der Waals surface area (Å²) in [5.41, 5.74) is 12.5. The molecule has 0 saturated heterocycles. The number of carbonyl (C=O) groups excluding carboxylic acids is 1. The maximum absolute atomic E-state index is 11.2. The lowest BCUT2D eigenvalue weighted by atomic mass is 10.1. The zero-order valence-corrected chi connectivity index (χ0v) is 10.2. The molecule has 94 valence electrons. The third kappa shape index (κ3) is 3.96. The minimum absolute atomic E-state index is 0.181. The molecule has 0 spiro atoms. The number of nitrogens with two attached hydrogens (primary N) is 2. The average molecular weight is 237 g/mol. The molecule has 0 radical (unpaired) electrons. The summed E-state index contributed by atoms with van der Waals surface area (Å²) in [6.45, 7) is 5.05. The van der Waals surface area contributed by atoms with E-state index in [9.17, 15) is 4.79 Å². The van der Waals surface area contributed by atoms with E-state index in [1.165, 1.54) is 0 Å². The number of carbonyl (C=O) groups is 1. The molecule has 0 aliphatic rings. The smallest absolute Gasteiger partial charge is 0.250 e. The van der Waals surface area contributed by atoms with Gasteiger partial charge in [-0.3, -0.25) is 4.79 Å². The number of hydrogen-bond acceptors (Lipinski definition) is 4. The molecule has 1 amide bonds. The van der Waals surface area contributed by atoms with Gasteiger partial charge < -0.3 is 21.5 Å². The second-order valence-electron chi connectivity index (χ2n) is 3.98. The predicted molar refractivity (Wildman–Crippen MR) is 69.0 cm³/mol. The number of rotatable bonds is 6. The minimum atomic E-state index is -0.496. The molecule has 0 unspecified atom stereocenters. The van der Waals surface area contributed by atoms with E-state index in [-0.39, 0.29) is 6.10 Å². The molecule has 5 nitrogen and oxygen atoms in total. The molecular weight excluding hydrogens is 218 g/mol. The lowest BCUT2D eigenvalue weighted by molar-refractivity contribution is 0.0870. The molecule has 5 heteroatoms. The van der Waals surface area contributed by atoms with Gasteiger partial charge in [0.15, 0.2) is 0 Å². The number of amides is 1. The number of nitrogens with one attached hydrogen (secondary N) is 1. The van der Waals surface area contributed by atoms with E-state index in [0.717, 1.165) is 0 Å². The van der Waals surface area contributed by atoms with Crippen LogP contribution >= 0.6 is 0 Å². The van der Waals surface area contributed by atoms with Crippen molar-refractivity contribution in [3.63, 3.8) is 0 Å². The van der Waals surface area contributed by atoms with E-state index in [1.807, 2.05) is 13.8 Å². The normalized spacial score (nSPS) is 10.5. The highest BCUT2D eigenvalue weighted by Gasteiger charge is 2.10. The number of hydrogen-bond donors (Lipinski definition) is 3. The van der Waals surface area contributed by atoms with Crippen LogP contribution in [0.2, 0.25) is 0 Å². The highest BCUT2D eigenvalue weighted by molar-refractivity contribution is 6.01. The quantitative estimate of drug-likeness (QED) is 0.512. The van der Waals surface area contributed by atoms with Gasteiger partial charge in [-0.2, -0.15) is 0 Å². The molecule has 0 heterocycles. The van der Waals surface area contributed by atoms with Crippen molar-refractivity contribution in [1.82, 2.24) is 0 Å². The van der Waals surface area contributed by atoms with Gasteiger partial charge in [-0.1, -0.05) is 6.07 Å². The molecule has 0 aliphatic heterocycles. The predicted octanol–water partition coefficient (Wildman–Crippen LogP) is 1.20. The fourth-order valence-corrected chi connectivity index (χ4v) is 1.44. The molecule has 17 heavy (non-hydrogen) atoms. The highest BCUT2D eigenvalue weighted by Crippen LogP contribution is 2.22. The lowest BCUT2D eigenvalue weighted by Crippen LogP contribution is -2.18. The first-order chi connectivity index (χ1) is 8.02. The summed E-state index contributed by atoms with van der Waals surface area (Å²) in [6, 6.07) is 5.06. The van der Waals surface area contributed by atoms with Gasteiger partial charge in [0.05, 0.1) is 29.6 Å². The van der Waals surface area contributed by atoms with Crippen molar-refractivity contribution in [2.45, 2.75) is 20.0 Å². The Morgan fingerprint density at radius 2 is 2.18 bits per heavy atom. The molecule has 0 atom stereocenters. The molecule has 0 fully saturated rings. The van der Waals surface area contributed by atoms with Crippen LogP contribution in [0, 0.1) is 0 Å². The SMILES string of the molecule is CC(C)OCCNc1c(N)cccc1C(N)=O. The van der Waals surface area contributed by atoms with Gasteiger partial charge in [0.1, 0.15) is 0 Å². The van der Waals surface area contributed by atoms with E-state index in [0.29, 0.717) is 30.1 Å². The van der Waals surface area contributed by atoms with Crippen LogP contribution in [0.1, 0.15) is 24.2 Å². The van der Waals surface area contributed by atoms with Gasteiger partial charge in [-0.25, -0.2) is 0 Å². The zero-order chi connectivity index (χ0) is 12.8. The van der Waals surface area contributed by atoms with Crippen LogP contribution in [-0.2, 0) is 4.74 Å². The largest absolute Gasteiger partial charge is 0.397 e. The molecule has 5 N–H and O–H groups in total. The van der Waals surface area contributed by atoms with E-state index in [2.05, 4.69) is 5.32 Å². The minimum Gasteiger partial charge on any atom is -0.397 e. The standard InChI is InChI=1S/C12H19N3O2/c1-8(2)17-7-6-15-11-9(12(14)16)4-3-5-10(11)13/h3-5,8,15H,6-7,13H2,1-2H3,(H2,14,16). The first-order valence-corrected chi connectivity index (χ1v) is 5.56. The Kier molecular flexibility index (Phi) is 4.78. The number of primary amides is 1. The molecule has 0 aromatic heterocycles. The van der Waals surface area contributed by atoms with E-state index >= 15 is 0 Å². The topological polar surface area (TPSA) is 90.4 Å². The summed E-state index contributed by atoms with van der Waals surface area (Å²) in [5.74, 6) is -0.496. The van der Waals surface area contributed by atoms with Crippen molar-refractivity contribution in [3.8, 4) is 0 Å². The highest BCUT2D eigenvalue weighted by atomic mass is 16.5. The lowest BCUT2D eigenvalue weighted by Gasteiger charge is -2.13. The van der Waals surface area contributed by atoms with Gasteiger partial charge in [-0.15, -0.1) is 0 Å². The summed E-state index contributed by atoms with van der Waals surface area (Å²) in [6.07, 6.45) is 0.181. The van der Waals surface area contributed by atoms with Crippen molar-refractivity contribution >= 4 is 17.3 Å². The molecule has 0 bridgehead atoms. The van der Waals surface area contributed by atoms with E-state index < -0.39 is 5.91 Å². The van der Waals surface area contributed by atoms with Crippen molar-refractivity contribution in [2.24, 2.45) is 5.73 Å². The maximum atomic E-state index is 11.2. The first kappa shape index (κ1) is 13.3. The van der Waals surface area contributed by atoms with Gasteiger partial charge in [0, 0.05) is 6.54 Å². The number of para-hydroxylation sites is 1. The molecule has 0 aliphatic carbocycles. The third-order valence-electron chi connectivity index (χ3n) is 2.22. The van der Waals surface area contributed by atoms with Crippen LogP contribution in [0.25, 0.3) is 0 Å². The number of ether oxygens (including phenoxy) is 1. The first-order valence-electron chi connectivity index (χ1n) is 5.56. The van der Waals surface area contributed by atoms with Gasteiger partial charge in [0.25, 0.3) is 5.91 Å². The van der Waals surface area contributed by atoms with Crippen LogP contribution in [0.15, 0.2) is 18.2 Å². The Labute approximate surface area is 101 Å². The third-order valence-corrected chi connectivity index (χ3v) is 2.22. The maximum Gasteiger partial charge on any atom is 0.250 e. The zero-order valence-electron chi connectivity index (χ0n) is 10.2. The van der Waals surface area contributed by atoms with Crippen LogP contribution in [-0.4, -0.2) is 25.2 Å². The van der Waals surface area contributed by atoms with E-state index in [1.54, 1.807) is 18.2 Å². The summed E-state index contributed by atoms with van der Waals surface area (Å²) >= 11 is 0. The second kappa shape index (κ2) is 6.10. The molecule has 1 rings (SSSR count). The molecule has 0 saturated carbocycles. The monoisotopic (exact) mass is 237 g/mol. The molecule has 1 aromatic carbocycles. The average Bonchev–Trinajstić information content (AvgIpc) is 2.25. The van der Waals surface area contributed by atoms with Gasteiger partial charge in [-0.05, 0) is 26.0 Å². The van der Waals surface area contributed by atoms with Crippen molar-refractivity contribution < 1.29 is 9.53 Å². The van der Waals surface area contributed by atoms with Crippen LogP contribution in [0.5, 0.6) is 0 Å². The fraction of sp³-hybridized carbons (Fsp3) is 0.417. The summed E-state index contributed by atoms with van der Waals surface area (Å²) in [5, 5.41) is 3.07. The Balaban J connectivity index is 2.66. The van der Waals surface area contributed by atoms with Crippen molar-refractivity contribution in [3.05, 3.63) is 23.8 Å². The fourth-order valence-electron chi connectivity index (χ4n) is 1.44. The number of anilines is 2. The van der Waals surface area contributed by atoms with Gasteiger partial charge in [0.2, 0.25) is 0 Å². The van der Waals surface area contributed by atoms with Gasteiger partial charge >= 0.3 is 0 Å². The summed E-state index contributed by atoms with van der Waals surface area (Å²) in [7, 11) is 0. The Bertz CT molecular complexity index is 391. The van der Waals surface area contributed by atoms with Crippen LogP contribution < -0.4 is 16.8 Å². The van der Waals surface area contributed by atoms with Crippen molar-refractivity contribution in [2.75, 3.05) is 24.2 Å². The van der Waals surface area contributed by atoms with Crippen LogP contribution in [0.4, 0.5) is 11.4 Å². The summed E-state index contributed by atoms with van der Waals surface area (Å²) < 4.78 is 5.38. The summed E-state index contributed by atoms with van der Waals surface area (Å²) in [4.78, 5) is 11.2. The Hall–Kier alpha value is -1.75. The second-order valence-corrected chi connectivity index (χ2v) is 3.98. The van der Waals surface area contributed by atoms with E-state index in [4.69, 9.17) is 16.2 Å².